The van der Waals surface area contributed by atoms with Gasteiger partial charge in [0, 0.05) is 6.54 Å². The van der Waals surface area contributed by atoms with Crippen LogP contribution in [0.1, 0.15) is 6.92 Å². The van der Waals surface area contributed by atoms with E-state index in [2.05, 4.69) is 4.74 Å². The van der Waals surface area contributed by atoms with Gasteiger partial charge in [-0.05, 0) is 6.92 Å². The van der Waals surface area contributed by atoms with Crippen molar-refractivity contribution in [3.63, 3.8) is 0 Å². The second-order valence-electron chi connectivity index (χ2n) is 1.59. The average molecular weight is 132 g/mol. The average Bonchev–Trinajstić information content (AvgIpc) is 1.87. The van der Waals surface area contributed by atoms with Gasteiger partial charge >= 0.3 is 5.97 Å². The van der Waals surface area contributed by atoms with E-state index in [1.807, 2.05) is 0 Å². The number of nitrogens with two attached hydrogens (primary N) is 2. The maximum Gasteiger partial charge on any atom is 0.324 e. The van der Waals surface area contributed by atoms with Crippen molar-refractivity contribution < 1.29 is 9.53 Å². The molecule has 0 amide bonds. The van der Waals surface area contributed by atoms with Crippen molar-refractivity contribution >= 4 is 5.97 Å². The molecule has 0 aliphatic heterocycles. The van der Waals surface area contributed by atoms with Gasteiger partial charge in [-0.15, -0.1) is 0 Å². The van der Waals surface area contributed by atoms with Crippen LogP contribution in [-0.4, -0.2) is 25.2 Å². The predicted molar refractivity (Wildman–Crippen MR) is 33.7 cm³/mol. The van der Waals surface area contributed by atoms with Gasteiger partial charge < -0.3 is 16.2 Å². The summed E-state index contributed by atoms with van der Waals surface area (Å²) in [5.41, 5.74) is 10.3. The van der Waals surface area contributed by atoms with Crippen molar-refractivity contribution in [2.75, 3.05) is 13.2 Å². The molecule has 0 aromatic carbocycles. The van der Waals surface area contributed by atoms with Gasteiger partial charge in [0.2, 0.25) is 0 Å². The Balaban J connectivity index is 3.46. The minimum absolute atomic E-state index is 0.138. The van der Waals surface area contributed by atoms with E-state index < -0.39 is 12.0 Å². The Morgan fingerprint density at radius 1 is 1.78 bits per heavy atom. The molecule has 0 aliphatic rings. The molecule has 0 heterocycles. The molecule has 4 heteroatoms. The maximum absolute atomic E-state index is 10.5. The number of esters is 1. The van der Waals surface area contributed by atoms with Crippen molar-refractivity contribution in [1.29, 1.82) is 0 Å². The first kappa shape index (κ1) is 8.39. The van der Waals surface area contributed by atoms with Crippen LogP contribution in [0.25, 0.3) is 0 Å². The van der Waals surface area contributed by atoms with Gasteiger partial charge in [-0.1, -0.05) is 0 Å². The molecular weight excluding hydrogens is 120 g/mol. The standard InChI is InChI=1S/C5H12N2O2/c1-2-9-5(8)4(7)3-6/h4H,2-3,6-7H2,1H3. The largest absolute Gasteiger partial charge is 0.465 e. The van der Waals surface area contributed by atoms with E-state index in [4.69, 9.17) is 11.5 Å². The molecule has 9 heavy (non-hydrogen) atoms. The third kappa shape index (κ3) is 3.05. The van der Waals surface area contributed by atoms with Crippen molar-refractivity contribution in [2.24, 2.45) is 11.5 Å². The van der Waals surface area contributed by atoms with E-state index in [1.165, 1.54) is 0 Å². The van der Waals surface area contributed by atoms with Gasteiger partial charge in [-0.2, -0.15) is 0 Å². The lowest BCUT2D eigenvalue weighted by atomic mass is 10.3. The van der Waals surface area contributed by atoms with E-state index in [-0.39, 0.29) is 6.54 Å². The Labute approximate surface area is 54.2 Å². The molecule has 4 nitrogen and oxygen atoms in total. The molecular formula is C5H12N2O2. The lowest BCUT2D eigenvalue weighted by Gasteiger charge is -2.05. The van der Waals surface area contributed by atoms with Gasteiger partial charge in [0.25, 0.3) is 0 Å². The van der Waals surface area contributed by atoms with Gasteiger partial charge in [-0.3, -0.25) is 4.79 Å². The summed E-state index contributed by atoms with van der Waals surface area (Å²) in [7, 11) is 0. The van der Waals surface area contributed by atoms with Crippen LogP contribution in [-0.2, 0) is 9.53 Å². The topological polar surface area (TPSA) is 78.3 Å². The van der Waals surface area contributed by atoms with E-state index in [0.29, 0.717) is 6.61 Å². The van der Waals surface area contributed by atoms with Crippen LogP contribution in [0, 0.1) is 0 Å². The predicted octanol–water partition coefficient (Wildman–Crippen LogP) is -1.16. The second-order valence-corrected chi connectivity index (χ2v) is 1.59. The first-order valence-corrected chi connectivity index (χ1v) is 2.84. The van der Waals surface area contributed by atoms with Gasteiger partial charge in [-0.25, -0.2) is 0 Å². The molecule has 1 unspecified atom stereocenters. The zero-order valence-electron chi connectivity index (χ0n) is 5.46. The third-order valence-electron chi connectivity index (χ3n) is 0.843. The van der Waals surface area contributed by atoms with Crippen LogP contribution >= 0.6 is 0 Å². The molecule has 0 spiro atoms. The Bertz CT molecular complexity index is 95.0. The monoisotopic (exact) mass is 132 g/mol. The Hall–Kier alpha value is -0.610. The fourth-order valence-corrected chi connectivity index (χ4v) is 0.346. The summed E-state index contributed by atoms with van der Waals surface area (Å²) in [6, 6.07) is -0.662. The van der Waals surface area contributed by atoms with Crippen molar-refractivity contribution in [2.45, 2.75) is 13.0 Å². The number of hydrogen-bond donors (Lipinski definition) is 2. The Morgan fingerprint density at radius 3 is 2.67 bits per heavy atom. The summed E-state index contributed by atoms with van der Waals surface area (Å²) in [6.45, 7) is 2.21. The first-order chi connectivity index (χ1) is 4.22. The lowest BCUT2D eigenvalue weighted by Crippen LogP contribution is -2.39. The highest BCUT2D eigenvalue weighted by atomic mass is 16.5. The summed E-state index contributed by atoms with van der Waals surface area (Å²) in [5, 5.41) is 0. The molecule has 0 saturated heterocycles. The first-order valence-electron chi connectivity index (χ1n) is 2.84. The Kier molecular flexibility index (Phi) is 4.00. The van der Waals surface area contributed by atoms with Crippen molar-refractivity contribution in [1.82, 2.24) is 0 Å². The molecule has 4 N–H and O–H groups in total. The number of hydrogen-bond acceptors (Lipinski definition) is 4. The summed E-state index contributed by atoms with van der Waals surface area (Å²) in [4.78, 5) is 10.5. The minimum atomic E-state index is -0.662. The molecule has 0 radical (unpaired) electrons. The quantitative estimate of drug-likeness (QED) is 0.474. The number of carbonyl (C=O) groups excluding carboxylic acids is 1. The van der Waals surface area contributed by atoms with Crippen molar-refractivity contribution in [3.05, 3.63) is 0 Å². The highest BCUT2D eigenvalue weighted by Gasteiger charge is 2.10. The van der Waals surface area contributed by atoms with E-state index in [0.717, 1.165) is 0 Å². The molecule has 0 aromatic rings. The highest BCUT2D eigenvalue weighted by Crippen LogP contribution is 1.80. The van der Waals surface area contributed by atoms with E-state index in [1.54, 1.807) is 6.92 Å². The number of carbonyl (C=O) groups is 1. The second kappa shape index (κ2) is 4.29. The minimum Gasteiger partial charge on any atom is -0.465 e. The molecule has 0 bridgehead atoms. The van der Waals surface area contributed by atoms with Gasteiger partial charge in [0.05, 0.1) is 6.61 Å². The SMILES string of the molecule is CCOC(=O)C(N)CN. The zero-order valence-corrected chi connectivity index (χ0v) is 5.46. The molecule has 0 saturated carbocycles. The third-order valence-corrected chi connectivity index (χ3v) is 0.843. The van der Waals surface area contributed by atoms with Crippen LogP contribution in [0.5, 0.6) is 0 Å². The molecule has 0 aromatic heterocycles. The lowest BCUT2D eigenvalue weighted by molar-refractivity contribution is -0.144. The molecule has 0 fully saturated rings. The maximum atomic E-state index is 10.5. The fourth-order valence-electron chi connectivity index (χ4n) is 0.346. The molecule has 54 valence electrons. The highest BCUT2D eigenvalue weighted by molar-refractivity contribution is 5.75. The molecule has 0 aliphatic carbocycles. The molecule has 0 rings (SSSR count). The summed E-state index contributed by atoms with van der Waals surface area (Å²) in [6.07, 6.45) is 0. The summed E-state index contributed by atoms with van der Waals surface area (Å²) < 4.78 is 4.55. The van der Waals surface area contributed by atoms with Crippen LogP contribution in [0.15, 0.2) is 0 Å². The van der Waals surface area contributed by atoms with Crippen LogP contribution < -0.4 is 11.5 Å². The van der Waals surface area contributed by atoms with Crippen LogP contribution in [0.3, 0.4) is 0 Å². The van der Waals surface area contributed by atoms with E-state index in [9.17, 15) is 4.79 Å². The van der Waals surface area contributed by atoms with Crippen LogP contribution in [0.2, 0.25) is 0 Å². The van der Waals surface area contributed by atoms with Crippen LogP contribution in [0.4, 0.5) is 0 Å². The normalized spacial score (nSPS) is 12.8. The van der Waals surface area contributed by atoms with E-state index >= 15 is 0 Å². The van der Waals surface area contributed by atoms with Crippen molar-refractivity contribution in [3.8, 4) is 0 Å². The van der Waals surface area contributed by atoms with Gasteiger partial charge in [0.15, 0.2) is 0 Å². The summed E-state index contributed by atoms with van der Waals surface area (Å²) >= 11 is 0. The fraction of sp³-hybridized carbons (Fsp3) is 0.800. The number of rotatable bonds is 3. The molecule has 1 atom stereocenters. The smallest absolute Gasteiger partial charge is 0.324 e. The van der Waals surface area contributed by atoms with Gasteiger partial charge in [0.1, 0.15) is 6.04 Å². The zero-order chi connectivity index (χ0) is 7.28. The summed E-state index contributed by atoms with van der Waals surface area (Å²) in [5.74, 6) is -0.431. The number of ether oxygens (including phenoxy) is 1. The Morgan fingerprint density at radius 2 is 2.33 bits per heavy atom.